The third kappa shape index (κ3) is 3.74. The van der Waals surface area contributed by atoms with Gasteiger partial charge < -0.3 is 20.1 Å². The normalized spacial score (nSPS) is 27.4. The van der Waals surface area contributed by atoms with Gasteiger partial charge in [-0.15, -0.1) is 0 Å². The van der Waals surface area contributed by atoms with Crippen molar-refractivity contribution in [3.05, 3.63) is 11.7 Å². The molecule has 1 aliphatic rings. The summed E-state index contributed by atoms with van der Waals surface area (Å²) in [5.74, 6) is -0.0204. The summed E-state index contributed by atoms with van der Waals surface area (Å²) in [5.41, 5.74) is -0.832. The molecule has 1 saturated carbocycles. The third-order valence-electron chi connectivity index (χ3n) is 3.57. The number of aliphatic hydroxyl groups is 1. The van der Waals surface area contributed by atoms with E-state index in [4.69, 9.17) is 9.63 Å². The van der Waals surface area contributed by atoms with E-state index in [1.165, 1.54) is 0 Å². The summed E-state index contributed by atoms with van der Waals surface area (Å²) in [7, 11) is 0. The maximum Gasteiger partial charge on any atom is 0.306 e. The lowest BCUT2D eigenvalue weighted by Gasteiger charge is -2.34. The average Bonchev–Trinajstić information content (AvgIpc) is 2.75. The van der Waals surface area contributed by atoms with Crippen LogP contribution in [0.4, 0.5) is 0 Å². The number of hydrogen-bond donors (Lipinski definition) is 3. The van der Waals surface area contributed by atoms with Gasteiger partial charge in [-0.2, -0.15) is 4.98 Å². The Morgan fingerprint density at radius 2 is 2.21 bits per heavy atom. The quantitative estimate of drug-likeness (QED) is 0.713. The number of carbonyl (C=O) groups is 1. The van der Waals surface area contributed by atoms with Crippen LogP contribution in [0, 0.1) is 12.8 Å². The molecule has 0 aliphatic heterocycles. The van der Waals surface area contributed by atoms with Gasteiger partial charge in [0, 0.05) is 6.54 Å². The van der Waals surface area contributed by atoms with Crippen molar-refractivity contribution in [1.29, 1.82) is 0 Å². The second-order valence-electron chi connectivity index (χ2n) is 5.18. The summed E-state index contributed by atoms with van der Waals surface area (Å²) in [6, 6.07) is 0. The lowest BCUT2D eigenvalue weighted by Crippen LogP contribution is -2.44. The number of aryl methyl sites for hydroxylation is 1. The zero-order chi connectivity index (χ0) is 13.9. The molecule has 19 heavy (non-hydrogen) atoms. The van der Waals surface area contributed by atoms with Gasteiger partial charge in [0.25, 0.3) is 0 Å². The highest BCUT2D eigenvalue weighted by molar-refractivity contribution is 5.70. The molecule has 1 fully saturated rings. The molecule has 0 aromatic carbocycles. The SMILES string of the molecule is Cc1noc(CNCC2(O)CCC(C(=O)O)CC2)n1. The molecule has 0 atom stereocenters. The lowest BCUT2D eigenvalue weighted by atomic mass is 9.79. The molecule has 7 nitrogen and oxygen atoms in total. The average molecular weight is 269 g/mol. The van der Waals surface area contributed by atoms with Crippen LogP contribution < -0.4 is 5.32 Å². The maximum atomic E-state index is 10.8. The van der Waals surface area contributed by atoms with Gasteiger partial charge in [-0.05, 0) is 32.6 Å². The maximum absolute atomic E-state index is 10.8. The van der Waals surface area contributed by atoms with Crippen LogP contribution >= 0.6 is 0 Å². The molecule has 1 aromatic heterocycles. The molecular formula is C12H19N3O4. The lowest BCUT2D eigenvalue weighted by molar-refractivity contribution is -0.144. The molecule has 1 aliphatic carbocycles. The van der Waals surface area contributed by atoms with E-state index in [2.05, 4.69) is 15.5 Å². The van der Waals surface area contributed by atoms with Crippen molar-refractivity contribution in [3.63, 3.8) is 0 Å². The predicted molar refractivity (Wildman–Crippen MR) is 65.3 cm³/mol. The Balaban J connectivity index is 1.75. The second-order valence-corrected chi connectivity index (χ2v) is 5.18. The molecule has 1 aromatic rings. The predicted octanol–water partition coefficient (Wildman–Crippen LogP) is 0.474. The van der Waals surface area contributed by atoms with E-state index in [1.54, 1.807) is 6.92 Å². The Labute approximate surface area is 111 Å². The molecule has 7 heteroatoms. The summed E-state index contributed by atoms with van der Waals surface area (Å²) in [5, 5.41) is 26.0. The van der Waals surface area contributed by atoms with Gasteiger partial charge in [0.05, 0.1) is 18.1 Å². The molecule has 0 radical (unpaired) electrons. The second kappa shape index (κ2) is 5.66. The largest absolute Gasteiger partial charge is 0.481 e. The number of carboxylic acid groups (broad SMARTS) is 1. The van der Waals surface area contributed by atoms with E-state index in [1.807, 2.05) is 0 Å². The Bertz CT molecular complexity index is 438. The summed E-state index contributed by atoms with van der Waals surface area (Å²) < 4.78 is 4.95. The van der Waals surface area contributed by atoms with Gasteiger partial charge in [0.15, 0.2) is 5.82 Å². The Kier molecular flexibility index (Phi) is 4.16. The van der Waals surface area contributed by atoms with Crippen LogP contribution in [-0.2, 0) is 11.3 Å². The standard InChI is InChI=1S/C12H19N3O4/c1-8-14-10(19-15-8)6-13-7-12(18)4-2-9(3-5-12)11(16)17/h9,13,18H,2-7H2,1H3,(H,16,17). The number of aromatic nitrogens is 2. The fourth-order valence-electron chi connectivity index (χ4n) is 2.39. The summed E-state index contributed by atoms with van der Waals surface area (Å²) in [6.07, 6.45) is 2.04. The summed E-state index contributed by atoms with van der Waals surface area (Å²) in [6.45, 7) is 2.56. The van der Waals surface area contributed by atoms with Crippen LogP contribution in [-0.4, -0.2) is 38.5 Å². The van der Waals surface area contributed by atoms with Crippen LogP contribution in [0.2, 0.25) is 0 Å². The third-order valence-corrected chi connectivity index (χ3v) is 3.57. The minimum atomic E-state index is -0.832. The van der Waals surface area contributed by atoms with Crippen molar-refractivity contribution < 1.29 is 19.5 Å². The molecule has 3 N–H and O–H groups in total. The summed E-state index contributed by atoms with van der Waals surface area (Å²) in [4.78, 5) is 14.9. The zero-order valence-electron chi connectivity index (χ0n) is 10.9. The van der Waals surface area contributed by atoms with Crippen LogP contribution in [0.1, 0.15) is 37.4 Å². The Hall–Kier alpha value is -1.47. The van der Waals surface area contributed by atoms with E-state index in [9.17, 15) is 9.90 Å². The fraction of sp³-hybridized carbons (Fsp3) is 0.750. The van der Waals surface area contributed by atoms with E-state index in [0.29, 0.717) is 50.5 Å². The number of rotatable bonds is 5. The molecule has 0 saturated heterocycles. The minimum absolute atomic E-state index is 0.320. The highest BCUT2D eigenvalue weighted by atomic mass is 16.5. The van der Waals surface area contributed by atoms with Gasteiger partial charge >= 0.3 is 5.97 Å². The molecular weight excluding hydrogens is 250 g/mol. The first-order valence-corrected chi connectivity index (χ1v) is 6.44. The van der Waals surface area contributed by atoms with Crippen molar-refractivity contribution in [2.45, 2.75) is 44.8 Å². The van der Waals surface area contributed by atoms with Gasteiger partial charge in [0.2, 0.25) is 5.89 Å². The number of aliphatic carboxylic acids is 1. The van der Waals surface area contributed by atoms with Crippen LogP contribution in [0.15, 0.2) is 4.52 Å². The number of hydrogen-bond acceptors (Lipinski definition) is 6. The smallest absolute Gasteiger partial charge is 0.306 e. The molecule has 106 valence electrons. The number of carboxylic acids is 1. The zero-order valence-corrected chi connectivity index (χ0v) is 10.9. The molecule has 0 spiro atoms. The Morgan fingerprint density at radius 3 is 2.74 bits per heavy atom. The van der Waals surface area contributed by atoms with Crippen LogP contribution in [0.3, 0.4) is 0 Å². The number of nitrogens with zero attached hydrogens (tertiary/aromatic N) is 2. The van der Waals surface area contributed by atoms with Crippen molar-refractivity contribution in [2.24, 2.45) is 5.92 Å². The first-order chi connectivity index (χ1) is 8.98. The first kappa shape index (κ1) is 14.0. The molecule has 0 unspecified atom stereocenters. The van der Waals surface area contributed by atoms with Crippen molar-refractivity contribution in [2.75, 3.05) is 6.54 Å². The van der Waals surface area contributed by atoms with Gasteiger partial charge in [-0.25, -0.2) is 0 Å². The van der Waals surface area contributed by atoms with E-state index >= 15 is 0 Å². The highest BCUT2D eigenvalue weighted by Gasteiger charge is 2.35. The minimum Gasteiger partial charge on any atom is -0.481 e. The van der Waals surface area contributed by atoms with Crippen molar-refractivity contribution in [3.8, 4) is 0 Å². The molecule has 0 bridgehead atoms. The van der Waals surface area contributed by atoms with Gasteiger partial charge in [0.1, 0.15) is 0 Å². The monoisotopic (exact) mass is 269 g/mol. The topological polar surface area (TPSA) is 108 Å². The fourth-order valence-corrected chi connectivity index (χ4v) is 2.39. The summed E-state index contributed by atoms with van der Waals surface area (Å²) >= 11 is 0. The van der Waals surface area contributed by atoms with Crippen LogP contribution in [0.25, 0.3) is 0 Å². The van der Waals surface area contributed by atoms with Gasteiger partial charge in [-0.3, -0.25) is 4.79 Å². The van der Waals surface area contributed by atoms with Crippen molar-refractivity contribution in [1.82, 2.24) is 15.5 Å². The highest BCUT2D eigenvalue weighted by Crippen LogP contribution is 2.31. The van der Waals surface area contributed by atoms with E-state index in [-0.39, 0.29) is 5.92 Å². The molecule has 0 amide bonds. The molecule has 2 rings (SSSR count). The van der Waals surface area contributed by atoms with E-state index in [0.717, 1.165) is 0 Å². The van der Waals surface area contributed by atoms with Gasteiger partial charge in [-0.1, -0.05) is 5.16 Å². The number of nitrogens with one attached hydrogen (secondary N) is 1. The van der Waals surface area contributed by atoms with Crippen LogP contribution in [0.5, 0.6) is 0 Å². The molecule has 1 heterocycles. The first-order valence-electron chi connectivity index (χ1n) is 6.44. The Morgan fingerprint density at radius 1 is 1.53 bits per heavy atom. The van der Waals surface area contributed by atoms with E-state index < -0.39 is 11.6 Å². The van der Waals surface area contributed by atoms with Crippen molar-refractivity contribution >= 4 is 5.97 Å².